The molecule has 2 aromatic carbocycles. The van der Waals surface area contributed by atoms with Gasteiger partial charge in [0.2, 0.25) is 0 Å². The van der Waals surface area contributed by atoms with Gasteiger partial charge >= 0.3 is 7.12 Å². The van der Waals surface area contributed by atoms with E-state index < -0.39 is 7.12 Å². The third-order valence-electron chi connectivity index (χ3n) is 4.79. The second-order valence-electron chi connectivity index (χ2n) is 7.42. The lowest BCUT2D eigenvalue weighted by Crippen LogP contribution is -2.26. The third-order valence-corrected chi connectivity index (χ3v) is 7.95. The minimum Gasteiger partial charge on any atom is -0.423 e. The van der Waals surface area contributed by atoms with E-state index in [9.17, 15) is 0 Å². The Hall–Kier alpha value is -2.30. The van der Waals surface area contributed by atoms with Gasteiger partial charge < -0.3 is 10.0 Å². The van der Waals surface area contributed by atoms with Crippen molar-refractivity contribution >= 4 is 93.9 Å². The first-order valence-corrected chi connectivity index (χ1v) is 13.8. The van der Waals surface area contributed by atoms with Crippen LogP contribution < -0.4 is 4.78 Å². The molecule has 10 heteroatoms. The van der Waals surface area contributed by atoms with E-state index >= 15 is 0 Å². The van der Waals surface area contributed by atoms with Crippen LogP contribution in [0.4, 0.5) is 0 Å². The number of fused-ring (bicyclic) bond motifs is 2. The topological polar surface area (TPSA) is 66.2 Å². The smallest absolute Gasteiger partial charge is 0.423 e. The van der Waals surface area contributed by atoms with Crippen molar-refractivity contribution in [1.82, 2.24) is 9.97 Å². The van der Waals surface area contributed by atoms with Crippen molar-refractivity contribution in [2.45, 2.75) is 0 Å². The summed E-state index contributed by atoms with van der Waals surface area (Å²) in [6.07, 6.45) is 6.77. The Bertz CT molecular complexity index is 1510. The highest BCUT2D eigenvalue weighted by Crippen LogP contribution is 2.33. The third kappa shape index (κ3) is 7.37. The molecule has 0 aliphatic carbocycles. The molecule has 0 saturated carbocycles. The van der Waals surface area contributed by atoms with Crippen molar-refractivity contribution in [1.29, 1.82) is 0 Å². The quantitative estimate of drug-likeness (QED) is 0.196. The summed E-state index contributed by atoms with van der Waals surface area (Å²) in [6.45, 7) is 0. The molecule has 0 bridgehead atoms. The van der Waals surface area contributed by atoms with Gasteiger partial charge in [0.15, 0.2) is 0 Å². The Kier molecular flexibility index (Phi) is 9.50. The Labute approximate surface area is 235 Å². The minimum atomic E-state index is -1.35. The van der Waals surface area contributed by atoms with Crippen LogP contribution in [0.2, 0.25) is 10.0 Å². The molecule has 6 rings (SSSR count). The van der Waals surface area contributed by atoms with Crippen LogP contribution in [-0.4, -0.2) is 27.1 Å². The Morgan fingerprint density at radius 3 is 1.81 bits per heavy atom. The molecule has 0 radical (unpaired) electrons. The largest absolute Gasteiger partial charge is 0.499 e. The van der Waals surface area contributed by atoms with Gasteiger partial charge in [-0.2, -0.15) is 0 Å². The second kappa shape index (κ2) is 12.8. The lowest BCUT2D eigenvalue weighted by molar-refractivity contribution is 0.427. The summed E-state index contributed by atoms with van der Waals surface area (Å²) < 4.78 is 3.87. The van der Waals surface area contributed by atoms with Crippen LogP contribution in [0.1, 0.15) is 0 Å². The monoisotopic (exact) mass is 614 g/mol. The Balaban J connectivity index is 0.000000135. The van der Waals surface area contributed by atoms with E-state index in [1.54, 1.807) is 42.1 Å². The molecule has 2 N–H and O–H groups in total. The number of halogens is 3. The van der Waals surface area contributed by atoms with E-state index in [4.69, 9.17) is 33.2 Å². The lowest BCUT2D eigenvalue weighted by atomic mass is 9.89. The first-order chi connectivity index (χ1) is 17.4. The van der Waals surface area contributed by atoms with Crippen molar-refractivity contribution in [2.24, 2.45) is 0 Å². The van der Waals surface area contributed by atoms with Gasteiger partial charge in [0.25, 0.3) is 0 Å². The molecule has 0 fully saturated rings. The van der Waals surface area contributed by atoms with E-state index in [1.807, 2.05) is 36.5 Å². The number of pyridine rings is 2. The zero-order valence-corrected chi connectivity index (χ0v) is 23.3. The fourth-order valence-electron chi connectivity index (χ4n) is 3.19. The van der Waals surface area contributed by atoms with Crippen LogP contribution in [0, 0.1) is 0 Å². The maximum atomic E-state index is 8.89. The Morgan fingerprint density at radius 1 is 0.694 bits per heavy atom. The number of nitrogens with zero attached hydrogens (tertiary/aromatic N) is 2. The van der Waals surface area contributed by atoms with E-state index in [2.05, 4.69) is 56.2 Å². The molecule has 0 aliphatic rings. The van der Waals surface area contributed by atoms with Gasteiger partial charge in [-0.1, -0.05) is 59.6 Å². The minimum absolute atomic E-state index is 0.594. The van der Waals surface area contributed by atoms with Crippen LogP contribution in [0.3, 0.4) is 0 Å². The first kappa shape index (κ1) is 26.8. The number of hydrogen-bond donors (Lipinski definition) is 2. The molecule has 0 spiro atoms. The van der Waals surface area contributed by atoms with Crippen molar-refractivity contribution in [3.63, 3.8) is 0 Å². The maximum absolute atomic E-state index is 8.89. The van der Waals surface area contributed by atoms with Crippen LogP contribution in [0.15, 0.2) is 102 Å². The molecule has 36 heavy (non-hydrogen) atoms. The van der Waals surface area contributed by atoms with E-state index in [0.29, 0.717) is 14.8 Å². The van der Waals surface area contributed by atoms with Gasteiger partial charge in [-0.15, -0.1) is 22.7 Å². The molecule has 4 nitrogen and oxygen atoms in total. The fourth-order valence-corrected chi connectivity index (χ4v) is 6.01. The van der Waals surface area contributed by atoms with Crippen LogP contribution >= 0.6 is 61.8 Å². The molecule has 4 aromatic heterocycles. The molecule has 180 valence electrons. The SMILES string of the molecule is Clc1cncc(-c2cc3ccccc3s2)c1.Clc1cncc(Br)c1.OB(O)c1cc2ccccc2s1. The number of benzene rings is 2. The zero-order valence-electron chi connectivity index (χ0n) is 18.6. The molecular weight excluding hydrogens is 598 g/mol. The van der Waals surface area contributed by atoms with Gasteiger partial charge in [-0.3, -0.25) is 9.97 Å². The zero-order chi connectivity index (χ0) is 25.5. The number of hydrogen-bond acceptors (Lipinski definition) is 6. The molecule has 0 aliphatic heterocycles. The van der Waals surface area contributed by atoms with Crippen molar-refractivity contribution < 1.29 is 10.0 Å². The molecule has 0 amide bonds. The molecular formula is C26H18BBrCl2N2O2S2. The van der Waals surface area contributed by atoms with Crippen LogP contribution in [-0.2, 0) is 0 Å². The molecule has 0 atom stereocenters. The maximum Gasteiger partial charge on any atom is 0.499 e. The summed E-state index contributed by atoms with van der Waals surface area (Å²) in [5, 5.41) is 21.4. The average Bonchev–Trinajstić information content (AvgIpc) is 3.49. The molecule has 0 saturated heterocycles. The summed E-state index contributed by atoms with van der Waals surface area (Å²) >= 11 is 17.9. The number of aromatic nitrogens is 2. The Morgan fingerprint density at radius 2 is 1.28 bits per heavy atom. The van der Waals surface area contributed by atoms with Crippen molar-refractivity contribution in [2.75, 3.05) is 0 Å². The standard InChI is InChI=1S/C13H8ClNS.C8H7BO2S.C5H3BrClN/c14-11-5-10(7-15-8-11)13-6-9-3-1-2-4-12(9)16-13;10-9(11)8-5-6-3-1-2-4-7(6)12-8;6-4-1-5(7)3-8-2-4/h1-8H;1-5,10-11H;1-3H. The van der Waals surface area contributed by atoms with Crippen molar-refractivity contribution in [3.8, 4) is 10.4 Å². The highest BCUT2D eigenvalue weighted by Gasteiger charge is 2.13. The predicted octanol–water partition coefficient (Wildman–Crippen LogP) is 7.70. The average molecular weight is 616 g/mol. The normalized spacial score (nSPS) is 10.4. The van der Waals surface area contributed by atoms with E-state index in [1.165, 1.54) is 26.3 Å². The molecule has 4 heterocycles. The van der Waals surface area contributed by atoms with Gasteiger partial charge in [0, 0.05) is 53.9 Å². The van der Waals surface area contributed by atoms with Gasteiger partial charge in [0.1, 0.15) is 0 Å². The summed E-state index contributed by atoms with van der Waals surface area (Å²) in [6, 6.07) is 23.8. The van der Waals surface area contributed by atoms with Crippen LogP contribution in [0.5, 0.6) is 0 Å². The second-order valence-corrected chi connectivity index (χ2v) is 11.4. The van der Waals surface area contributed by atoms with Gasteiger partial charge in [-0.05, 0) is 63.1 Å². The molecule has 6 aromatic rings. The predicted molar refractivity (Wildman–Crippen MR) is 159 cm³/mol. The highest BCUT2D eigenvalue weighted by atomic mass is 79.9. The van der Waals surface area contributed by atoms with Gasteiger partial charge in [-0.25, -0.2) is 0 Å². The summed E-state index contributed by atoms with van der Waals surface area (Å²) in [5.41, 5.74) is 1.08. The summed E-state index contributed by atoms with van der Waals surface area (Å²) in [7, 11) is -1.35. The molecule has 0 unspecified atom stereocenters. The summed E-state index contributed by atoms with van der Waals surface area (Å²) in [5.74, 6) is 0. The fraction of sp³-hybridized carbons (Fsp3) is 0. The highest BCUT2D eigenvalue weighted by molar-refractivity contribution is 9.10. The lowest BCUT2D eigenvalue weighted by Gasteiger charge is -1.95. The number of rotatable bonds is 2. The van der Waals surface area contributed by atoms with Crippen molar-refractivity contribution in [3.05, 3.63) is 112 Å². The summed E-state index contributed by atoms with van der Waals surface area (Å²) in [4.78, 5) is 9.12. The van der Waals surface area contributed by atoms with E-state index in [-0.39, 0.29) is 0 Å². The first-order valence-electron chi connectivity index (χ1n) is 10.6. The van der Waals surface area contributed by atoms with Gasteiger partial charge in [0.05, 0.1) is 10.0 Å². The van der Waals surface area contributed by atoms with E-state index in [0.717, 1.165) is 20.1 Å². The number of thiophene rings is 2. The van der Waals surface area contributed by atoms with Crippen LogP contribution in [0.25, 0.3) is 30.6 Å².